The fraction of sp³-hybridized carbons (Fsp3) is 0.300. The maximum absolute atomic E-state index is 13.6. The molecule has 37 heavy (non-hydrogen) atoms. The van der Waals surface area contributed by atoms with Crippen molar-refractivity contribution in [2.75, 3.05) is 5.32 Å². The van der Waals surface area contributed by atoms with Crippen molar-refractivity contribution < 1.29 is 23.9 Å². The van der Waals surface area contributed by atoms with Gasteiger partial charge in [-0.15, -0.1) is 0 Å². The Morgan fingerprint density at radius 1 is 1.05 bits per heavy atom. The maximum Gasteiger partial charge on any atom is 0.308 e. The van der Waals surface area contributed by atoms with Crippen LogP contribution in [0.1, 0.15) is 66.2 Å². The van der Waals surface area contributed by atoms with Gasteiger partial charge in [0.05, 0.1) is 18.2 Å². The number of nitrogens with one attached hydrogen (secondary N) is 1. The molecule has 0 aromatic heterocycles. The maximum atomic E-state index is 13.6. The van der Waals surface area contributed by atoms with E-state index in [1.807, 2.05) is 30.0 Å². The van der Waals surface area contributed by atoms with Gasteiger partial charge in [-0.25, -0.2) is 0 Å². The zero-order chi connectivity index (χ0) is 25.9. The van der Waals surface area contributed by atoms with Gasteiger partial charge in [-0.1, -0.05) is 43.3 Å². The first-order valence-corrected chi connectivity index (χ1v) is 12.7. The molecular weight excluding hydrogens is 468 g/mol. The predicted molar refractivity (Wildman–Crippen MR) is 140 cm³/mol. The van der Waals surface area contributed by atoms with Crippen molar-refractivity contribution in [1.82, 2.24) is 4.90 Å². The molecule has 3 aromatic carbocycles. The highest BCUT2D eigenvalue weighted by molar-refractivity contribution is 6.06. The summed E-state index contributed by atoms with van der Waals surface area (Å²) >= 11 is 0. The smallest absolute Gasteiger partial charge is 0.308 e. The van der Waals surface area contributed by atoms with E-state index in [1.54, 1.807) is 36.4 Å². The van der Waals surface area contributed by atoms with Crippen LogP contribution in [0.4, 0.5) is 5.69 Å². The second-order valence-electron chi connectivity index (χ2n) is 9.45. The van der Waals surface area contributed by atoms with Gasteiger partial charge in [-0.05, 0) is 67.1 Å². The van der Waals surface area contributed by atoms with Gasteiger partial charge in [0.15, 0.2) is 6.10 Å². The molecule has 1 aliphatic carbocycles. The van der Waals surface area contributed by atoms with Gasteiger partial charge in [-0.2, -0.15) is 0 Å². The van der Waals surface area contributed by atoms with Crippen molar-refractivity contribution >= 4 is 23.5 Å². The number of rotatable bonds is 5. The number of carbonyl (C=O) groups excluding carboxylic acids is 3. The highest BCUT2D eigenvalue weighted by Crippen LogP contribution is 2.39. The zero-order valence-electron chi connectivity index (χ0n) is 21.0. The molecule has 7 heteroatoms. The normalized spacial score (nSPS) is 18.6. The van der Waals surface area contributed by atoms with Gasteiger partial charge in [0.1, 0.15) is 11.5 Å². The summed E-state index contributed by atoms with van der Waals surface area (Å²) < 4.78 is 11.4. The summed E-state index contributed by atoms with van der Waals surface area (Å²) in [6.07, 6.45) is 2.94. The molecule has 5 rings (SSSR count). The molecule has 2 atom stereocenters. The highest BCUT2D eigenvalue weighted by atomic mass is 16.5. The van der Waals surface area contributed by atoms with Crippen LogP contribution in [0.15, 0.2) is 66.7 Å². The van der Waals surface area contributed by atoms with Crippen LogP contribution in [-0.2, 0) is 22.6 Å². The van der Waals surface area contributed by atoms with Gasteiger partial charge in [0, 0.05) is 18.2 Å². The Kier molecular flexibility index (Phi) is 6.95. The van der Waals surface area contributed by atoms with E-state index in [0.29, 0.717) is 24.4 Å². The van der Waals surface area contributed by atoms with Crippen LogP contribution in [0.3, 0.4) is 0 Å². The molecule has 7 nitrogen and oxygen atoms in total. The number of amides is 2. The molecule has 1 N–H and O–H groups in total. The third-order valence-corrected chi connectivity index (χ3v) is 6.96. The monoisotopic (exact) mass is 498 g/mol. The summed E-state index contributed by atoms with van der Waals surface area (Å²) in [7, 11) is 0. The second kappa shape index (κ2) is 10.5. The van der Waals surface area contributed by atoms with Gasteiger partial charge in [0.2, 0.25) is 0 Å². The number of esters is 1. The van der Waals surface area contributed by atoms with Crippen molar-refractivity contribution in [3.8, 4) is 11.5 Å². The third kappa shape index (κ3) is 5.07. The number of ether oxygens (including phenoxy) is 2. The number of para-hydroxylation sites is 1. The SMILES string of the molecule is CCC1Oc2ccc(NC(=O)c3ccccc3OC(C)=O)cc2CN(C2CCCc3ccccc32)C1=O. The summed E-state index contributed by atoms with van der Waals surface area (Å²) in [6.45, 7) is 3.63. The quantitative estimate of drug-likeness (QED) is 0.374. The molecule has 1 heterocycles. The number of benzene rings is 3. The van der Waals surface area contributed by atoms with Crippen molar-refractivity contribution in [2.24, 2.45) is 0 Å². The number of hydrogen-bond donors (Lipinski definition) is 1. The fourth-order valence-electron chi connectivity index (χ4n) is 5.22. The highest BCUT2D eigenvalue weighted by Gasteiger charge is 2.36. The molecule has 0 fully saturated rings. The lowest BCUT2D eigenvalue weighted by molar-refractivity contribution is -0.141. The number of hydrogen-bond acceptors (Lipinski definition) is 5. The van der Waals surface area contributed by atoms with E-state index in [9.17, 15) is 14.4 Å². The van der Waals surface area contributed by atoms with Crippen LogP contribution in [0.2, 0.25) is 0 Å². The molecule has 1 aliphatic heterocycles. The molecule has 2 amide bonds. The molecule has 0 bridgehead atoms. The molecule has 0 radical (unpaired) electrons. The number of carbonyl (C=O) groups is 3. The van der Waals surface area contributed by atoms with Crippen molar-refractivity contribution in [1.29, 1.82) is 0 Å². The van der Waals surface area contributed by atoms with Crippen LogP contribution in [0.5, 0.6) is 11.5 Å². The standard InChI is InChI=1S/C30H30N2O5/c1-3-26-30(35)32(25-13-8-10-20-9-4-5-11-23(20)25)18-21-17-22(15-16-27(21)37-26)31-29(34)24-12-6-7-14-28(24)36-19(2)33/h4-7,9,11-12,14-17,25-26H,3,8,10,13,18H2,1-2H3,(H,31,34). The summed E-state index contributed by atoms with van der Waals surface area (Å²) in [4.78, 5) is 40.1. The van der Waals surface area contributed by atoms with Crippen molar-refractivity contribution in [2.45, 2.75) is 58.2 Å². The molecule has 190 valence electrons. The second-order valence-corrected chi connectivity index (χ2v) is 9.45. The minimum absolute atomic E-state index is 0.0127. The van der Waals surface area contributed by atoms with E-state index in [2.05, 4.69) is 17.4 Å². The minimum Gasteiger partial charge on any atom is -0.480 e. The average molecular weight is 499 g/mol. The molecule has 0 saturated carbocycles. The Morgan fingerprint density at radius 3 is 2.65 bits per heavy atom. The van der Waals surface area contributed by atoms with E-state index < -0.39 is 18.0 Å². The van der Waals surface area contributed by atoms with Crippen LogP contribution in [0, 0.1) is 0 Å². The first-order valence-electron chi connectivity index (χ1n) is 12.7. The number of nitrogens with zero attached hydrogens (tertiary/aromatic N) is 1. The van der Waals surface area contributed by atoms with Gasteiger partial charge in [-0.3, -0.25) is 14.4 Å². The average Bonchev–Trinajstić information content (AvgIpc) is 3.04. The largest absolute Gasteiger partial charge is 0.480 e. The van der Waals surface area contributed by atoms with E-state index in [4.69, 9.17) is 9.47 Å². The van der Waals surface area contributed by atoms with E-state index in [1.165, 1.54) is 18.1 Å². The van der Waals surface area contributed by atoms with Crippen LogP contribution >= 0.6 is 0 Å². The van der Waals surface area contributed by atoms with E-state index in [-0.39, 0.29) is 23.3 Å². The Morgan fingerprint density at radius 2 is 1.84 bits per heavy atom. The minimum atomic E-state index is -0.564. The molecule has 2 aliphatic rings. The first kappa shape index (κ1) is 24.6. The predicted octanol–water partition coefficient (Wildman–Crippen LogP) is 5.44. The molecule has 2 unspecified atom stereocenters. The Bertz CT molecular complexity index is 1350. The Labute approximate surface area is 216 Å². The van der Waals surface area contributed by atoms with Gasteiger partial charge < -0.3 is 19.7 Å². The Hall–Kier alpha value is -4.13. The van der Waals surface area contributed by atoms with Crippen molar-refractivity contribution in [3.05, 3.63) is 89.0 Å². The van der Waals surface area contributed by atoms with Crippen LogP contribution in [-0.4, -0.2) is 28.8 Å². The fourth-order valence-corrected chi connectivity index (χ4v) is 5.22. The summed E-state index contributed by atoms with van der Waals surface area (Å²) in [5.74, 6) is -0.0654. The number of fused-ring (bicyclic) bond motifs is 2. The lowest BCUT2D eigenvalue weighted by Crippen LogP contribution is -2.42. The van der Waals surface area contributed by atoms with Gasteiger partial charge in [0.25, 0.3) is 11.8 Å². The van der Waals surface area contributed by atoms with E-state index >= 15 is 0 Å². The topological polar surface area (TPSA) is 84.9 Å². The number of anilines is 1. The number of aryl methyl sites for hydroxylation is 1. The molecule has 0 spiro atoms. The summed E-state index contributed by atoms with van der Waals surface area (Å²) in [6, 6.07) is 20.3. The van der Waals surface area contributed by atoms with Crippen LogP contribution in [0.25, 0.3) is 0 Å². The van der Waals surface area contributed by atoms with Crippen molar-refractivity contribution in [3.63, 3.8) is 0 Å². The Balaban J connectivity index is 1.45. The summed E-state index contributed by atoms with van der Waals surface area (Å²) in [5.41, 5.74) is 4.14. The summed E-state index contributed by atoms with van der Waals surface area (Å²) in [5, 5.41) is 2.90. The van der Waals surface area contributed by atoms with E-state index in [0.717, 1.165) is 24.8 Å². The van der Waals surface area contributed by atoms with Crippen LogP contribution < -0.4 is 14.8 Å². The lowest BCUT2D eigenvalue weighted by Gasteiger charge is -2.36. The molecule has 0 saturated heterocycles. The molecular formula is C30H30N2O5. The van der Waals surface area contributed by atoms with Gasteiger partial charge >= 0.3 is 5.97 Å². The lowest BCUT2D eigenvalue weighted by atomic mass is 9.86. The first-order chi connectivity index (χ1) is 17.9. The molecule has 3 aromatic rings. The zero-order valence-corrected chi connectivity index (χ0v) is 21.0. The third-order valence-electron chi connectivity index (χ3n) is 6.96.